The van der Waals surface area contributed by atoms with Crippen molar-refractivity contribution < 1.29 is 27.7 Å². The molecule has 1 atom stereocenters. The Bertz CT molecular complexity index is 822. The highest BCUT2D eigenvalue weighted by Crippen LogP contribution is 2.27. The number of nitrogens with zero attached hydrogens (tertiary/aromatic N) is 1. The van der Waals surface area contributed by atoms with E-state index in [1.165, 1.54) is 24.3 Å². The van der Waals surface area contributed by atoms with Crippen molar-refractivity contribution in [2.75, 3.05) is 11.5 Å². The van der Waals surface area contributed by atoms with Gasteiger partial charge in [-0.2, -0.15) is 0 Å². The molecule has 0 aliphatic heterocycles. The summed E-state index contributed by atoms with van der Waals surface area (Å²) in [6.07, 6.45) is 1.29. The Morgan fingerprint density at radius 2 is 1.86 bits per heavy atom. The lowest BCUT2D eigenvalue weighted by atomic mass is 10.0. The topological polar surface area (TPSA) is 133 Å². The van der Waals surface area contributed by atoms with Crippen molar-refractivity contribution in [3.8, 4) is 0 Å². The van der Waals surface area contributed by atoms with Gasteiger partial charge in [-0.15, -0.1) is 0 Å². The van der Waals surface area contributed by atoms with Crippen LogP contribution < -0.4 is 5.32 Å². The van der Waals surface area contributed by atoms with E-state index in [-0.39, 0.29) is 23.4 Å². The van der Waals surface area contributed by atoms with Crippen molar-refractivity contribution in [1.29, 1.82) is 0 Å². The first-order valence-electron chi connectivity index (χ1n) is 9.48. The molecule has 0 aliphatic carbocycles. The van der Waals surface area contributed by atoms with Gasteiger partial charge < -0.3 is 10.1 Å². The molecule has 1 unspecified atom stereocenters. The summed E-state index contributed by atoms with van der Waals surface area (Å²) < 4.78 is 29.3. The first-order chi connectivity index (χ1) is 13.6. The summed E-state index contributed by atoms with van der Waals surface area (Å²) in [5, 5.41) is 13.8. The van der Waals surface area contributed by atoms with Crippen LogP contribution in [0.5, 0.6) is 0 Å². The molecule has 1 N–H and O–H groups in total. The van der Waals surface area contributed by atoms with E-state index in [1.807, 2.05) is 6.92 Å². The normalized spacial score (nSPS) is 12.4. The quantitative estimate of drug-likeness (QED) is 0.234. The molecular formula is C19H28N2O7S. The van der Waals surface area contributed by atoms with Crippen LogP contribution in [0.3, 0.4) is 0 Å². The lowest BCUT2D eigenvalue weighted by Crippen LogP contribution is -2.36. The average Bonchev–Trinajstić information content (AvgIpc) is 2.60. The first kappa shape index (κ1) is 24.5. The van der Waals surface area contributed by atoms with Crippen LogP contribution in [0.4, 0.5) is 5.69 Å². The minimum absolute atomic E-state index is 0.106. The van der Waals surface area contributed by atoms with Crippen LogP contribution in [0, 0.1) is 10.1 Å². The maximum absolute atomic E-state index is 12.3. The smallest absolute Gasteiger partial charge is 0.308 e. The van der Waals surface area contributed by atoms with Gasteiger partial charge in [-0.1, -0.05) is 38.0 Å². The monoisotopic (exact) mass is 428 g/mol. The van der Waals surface area contributed by atoms with Crippen molar-refractivity contribution in [3.63, 3.8) is 0 Å². The number of carbonyl (C=O) groups excluding carboxylic acids is 2. The summed E-state index contributed by atoms with van der Waals surface area (Å²) in [7, 11) is -3.62. The maximum Gasteiger partial charge on any atom is 0.308 e. The van der Waals surface area contributed by atoms with Gasteiger partial charge in [-0.05, 0) is 20.3 Å². The fraction of sp³-hybridized carbons (Fsp3) is 0.579. The van der Waals surface area contributed by atoms with Gasteiger partial charge in [0, 0.05) is 6.07 Å². The van der Waals surface area contributed by atoms with Crippen LogP contribution in [0.15, 0.2) is 24.3 Å². The van der Waals surface area contributed by atoms with Gasteiger partial charge >= 0.3 is 5.97 Å². The molecule has 0 radical (unpaired) electrons. The van der Waals surface area contributed by atoms with Crippen LogP contribution in [0.25, 0.3) is 0 Å². The highest BCUT2D eigenvalue weighted by Gasteiger charge is 2.28. The molecule has 0 fully saturated rings. The molecule has 1 aromatic carbocycles. The zero-order chi connectivity index (χ0) is 22.0. The van der Waals surface area contributed by atoms with Crippen LogP contribution in [0.1, 0.15) is 58.1 Å². The van der Waals surface area contributed by atoms with E-state index < -0.39 is 44.5 Å². The number of nitrogens with one attached hydrogen (secondary N) is 1. The predicted octanol–water partition coefficient (Wildman–Crippen LogP) is 2.70. The van der Waals surface area contributed by atoms with Gasteiger partial charge in [0.15, 0.2) is 9.84 Å². The number of rotatable bonds is 12. The third-order valence-corrected chi connectivity index (χ3v) is 5.60. The summed E-state index contributed by atoms with van der Waals surface area (Å²) >= 11 is 0. The van der Waals surface area contributed by atoms with Crippen molar-refractivity contribution in [3.05, 3.63) is 39.9 Å². The maximum atomic E-state index is 12.3. The zero-order valence-electron chi connectivity index (χ0n) is 16.9. The number of esters is 1. The Balaban J connectivity index is 3.02. The molecule has 0 saturated heterocycles. The SMILES string of the molecule is CCCCCS(=O)(=O)CC(=O)NC(CC(=O)OC(C)C)c1ccccc1[N+](=O)[O-]. The number of sulfone groups is 1. The lowest BCUT2D eigenvalue weighted by molar-refractivity contribution is -0.385. The largest absolute Gasteiger partial charge is 0.463 e. The van der Waals surface area contributed by atoms with Gasteiger partial charge in [0.25, 0.3) is 5.69 Å². The molecule has 1 rings (SSSR count). The van der Waals surface area contributed by atoms with Crippen molar-refractivity contribution in [1.82, 2.24) is 5.32 Å². The molecule has 0 bridgehead atoms. The van der Waals surface area contributed by atoms with E-state index in [9.17, 15) is 28.1 Å². The molecule has 10 heteroatoms. The summed E-state index contributed by atoms with van der Waals surface area (Å²) in [6, 6.07) is 4.59. The fourth-order valence-corrected chi connectivity index (χ4v) is 4.02. The molecular weight excluding hydrogens is 400 g/mol. The minimum atomic E-state index is -3.62. The summed E-state index contributed by atoms with van der Waals surface area (Å²) in [4.78, 5) is 35.2. The van der Waals surface area contributed by atoms with Gasteiger partial charge in [0.1, 0.15) is 5.75 Å². The molecule has 0 aliphatic rings. The summed E-state index contributed by atoms with van der Waals surface area (Å²) in [5.74, 6) is -2.33. The summed E-state index contributed by atoms with van der Waals surface area (Å²) in [6.45, 7) is 5.24. The van der Waals surface area contributed by atoms with E-state index in [0.717, 1.165) is 12.8 Å². The van der Waals surface area contributed by atoms with E-state index >= 15 is 0 Å². The zero-order valence-corrected chi connectivity index (χ0v) is 17.7. The highest BCUT2D eigenvalue weighted by atomic mass is 32.2. The van der Waals surface area contributed by atoms with Gasteiger partial charge in [-0.25, -0.2) is 8.42 Å². The number of para-hydroxylation sites is 1. The van der Waals surface area contributed by atoms with E-state index in [4.69, 9.17) is 4.74 Å². The number of benzene rings is 1. The van der Waals surface area contributed by atoms with Crippen molar-refractivity contribution in [2.24, 2.45) is 0 Å². The molecule has 1 aromatic rings. The molecule has 162 valence electrons. The number of hydrogen-bond donors (Lipinski definition) is 1. The molecule has 9 nitrogen and oxygen atoms in total. The van der Waals surface area contributed by atoms with Crippen LogP contribution >= 0.6 is 0 Å². The third kappa shape index (κ3) is 9.03. The molecule has 0 saturated carbocycles. The van der Waals surface area contributed by atoms with Crippen LogP contribution in [-0.2, 0) is 24.2 Å². The fourth-order valence-electron chi connectivity index (χ4n) is 2.74. The number of nitro benzene ring substituents is 1. The number of amides is 1. The van der Waals surface area contributed by atoms with Crippen LogP contribution in [-0.4, -0.2) is 42.8 Å². The number of unbranched alkanes of at least 4 members (excludes halogenated alkanes) is 2. The van der Waals surface area contributed by atoms with Crippen LogP contribution in [0.2, 0.25) is 0 Å². The standard InChI is InChI=1S/C19H28N2O7S/c1-4-5-8-11-29(26,27)13-18(22)20-16(12-19(23)28-14(2)3)15-9-6-7-10-17(15)21(24)25/h6-7,9-10,14,16H,4-5,8,11-13H2,1-3H3,(H,20,22). The molecule has 0 spiro atoms. The average molecular weight is 429 g/mol. The Labute approximate surface area is 170 Å². The number of ether oxygens (including phenoxy) is 1. The Morgan fingerprint density at radius 3 is 2.45 bits per heavy atom. The molecule has 1 amide bonds. The van der Waals surface area contributed by atoms with E-state index in [0.29, 0.717) is 6.42 Å². The minimum Gasteiger partial charge on any atom is -0.463 e. The number of hydrogen-bond acceptors (Lipinski definition) is 7. The third-order valence-electron chi connectivity index (χ3n) is 3.99. The predicted molar refractivity (Wildman–Crippen MR) is 108 cm³/mol. The van der Waals surface area contributed by atoms with E-state index in [2.05, 4.69) is 5.32 Å². The van der Waals surface area contributed by atoms with E-state index in [1.54, 1.807) is 13.8 Å². The van der Waals surface area contributed by atoms with Crippen molar-refractivity contribution in [2.45, 2.75) is 58.6 Å². The summed E-state index contributed by atoms with van der Waals surface area (Å²) in [5.41, 5.74) is -0.170. The molecule has 0 heterocycles. The number of carbonyl (C=O) groups is 2. The lowest BCUT2D eigenvalue weighted by Gasteiger charge is -2.19. The first-order valence-corrected chi connectivity index (χ1v) is 11.3. The number of nitro groups is 1. The van der Waals surface area contributed by atoms with Gasteiger partial charge in [0.2, 0.25) is 5.91 Å². The Morgan fingerprint density at radius 1 is 1.21 bits per heavy atom. The van der Waals surface area contributed by atoms with Gasteiger partial charge in [-0.3, -0.25) is 19.7 Å². The van der Waals surface area contributed by atoms with Crippen molar-refractivity contribution >= 4 is 27.4 Å². The second-order valence-electron chi connectivity index (χ2n) is 6.98. The second-order valence-corrected chi connectivity index (χ2v) is 9.16. The Hall–Kier alpha value is -2.49. The van der Waals surface area contributed by atoms with Gasteiger partial charge in [0.05, 0.1) is 34.8 Å². The Kier molecular flexibility index (Phi) is 9.73. The highest BCUT2D eigenvalue weighted by molar-refractivity contribution is 7.92. The molecule has 0 aromatic heterocycles. The second kappa shape index (κ2) is 11.5. The molecule has 29 heavy (non-hydrogen) atoms.